The third kappa shape index (κ3) is 3.76. The van der Waals surface area contributed by atoms with Crippen molar-refractivity contribution in [1.29, 1.82) is 0 Å². The Labute approximate surface area is 127 Å². The number of carbonyl (C=O) groups excluding carboxylic acids is 1. The molecule has 1 aliphatic heterocycles. The van der Waals surface area contributed by atoms with Crippen molar-refractivity contribution in [2.45, 2.75) is 45.8 Å². The van der Waals surface area contributed by atoms with Crippen LogP contribution in [0.15, 0.2) is 24.3 Å². The van der Waals surface area contributed by atoms with Gasteiger partial charge in [0.05, 0.1) is 6.04 Å². The molecule has 1 aliphatic rings. The fraction of sp³-hybridized carbons (Fsp3) is 0.588. The van der Waals surface area contributed by atoms with Gasteiger partial charge in [-0.1, -0.05) is 29.8 Å². The predicted molar refractivity (Wildman–Crippen MR) is 84.0 cm³/mol. The highest BCUT2D eigenvalue weighted by atomic mass is 16.6. The lowest BCUT2D eigenvalue weighted by Crippen LogP contribution is -2.38. The van der Waals surface area contributed by atoms with Gasteiger partial charge in [-0.05, 0) is 52.1 Å². The summed E-state index contributed by atoms with van der Waals surface area (Å²) in [7, 11) is 0. The van der Waals surface area contributed by atoms with Gasteiger partial charge in [0, 0.05) is 6.54 Å². The summed E-state index contributed by atoms with van der Waals surface area (Å²) in [6, 6.07) is 8.35. The summed E-state index contributed by atoms with van der Waals surface area (Å²) in [5, 5.41) is 0. The molecule has 4 heteroatoms. The molecule has 1 amide bonds. The van der Waals surface area contributed by atoms with E-state index in [1.807, 2.05) is 25.7 Å². The Morgan fingerprint density at radius 3 is 2.48 bits per heavy atom. The maximum atomic E-state index is 12.4. The van der Waals surface area contributed by atoms with E-state index in [0.717, 1.165) is 12.0 Å². The van der Waals surface area contributed by atoms with Gasteiger partial charge in [0.15, 0.2) is 0 Å². The highest BCUT2D eigenvalue weighted by Crippen LogP contribution is 2.37. The Morgan fingerprint density at radius 1 is 1.33 bits per heavy atom. The molecule has 0 saturated carbocycles. The summed E-state index contributed by atoms with van der Waals surface area (Å²) in [5.41, 5.74) is 7.78. The first kappa shape index (κ1) is 15.8. The highest BCUT2D eigenvalue weighted by molar-refractivity contribution is 5.69. The molecule has 2 atom stereocenters. The second kappa shape index (κ2) is 6.06. The molecule has 0 bridgehead atoms. The molecule has 2 rings (SSSR count). The van der Waals surface area contributed by atoms with E-state index < -0.39 is 5.60 Å². The first-order valence-corrected chi connectivity index (χ1v) is 7.58. The normalized spacial score (nSPS) is 22.4. The van der Waals surface area contributed by atoms with E-state index in [1.54, 1.807) is 0 Å². The summed E-state index contributed by atoms with van der Waals surface area (Å²) in [4.78, 5) is 14.3. The predicted octanol–water partition coefficient (Wildman–Crippen LogP) is 3.25. The fourth-order valence-corrected chi connectivity index (χ4v) is 2.84. The number of hydrogen-bond acceptors (Lipinski definition) is 3. The minimum Gasteiger partial charge on any atom is -0.444 e. The van der Waals surface area contributed by atoms with Gasteiger partial charge in [0.1, 0.15) is 5.60 Å². The van der Waals surface area contributed by atoms with Gasteiger partial charge in [-0.3, -0.25) is 0 Å². The molecule has 21 heavy (non-hydrogen) atoms. The molecule has 1 aromatic carbocycles. The number of nitrogens with two attached hydrogens (primary N) is 1. The molecule has 0 aromatic heterocycles. The van der Waals surface area contributed by atoms with Gasteiger partial charge in [-0.15, -0.1) is 0 Å². The minimum atomic E-state index is -0.476. The van der Waals surface area contributed by atoms with E-state index in [1.165, 1.54) is 5.56 Å². The maximum Gasteiger partial charge on any atom is 0.410 e. The van der Waals surface area contributed by atoms with Crippen LogP contribution in [-0.2, 0) is 4.74 Å². The third-order valence-electron chi connectivity index (χ3n) is 3.87. The SMILES string of the molecule is Cc1ccc(C2C(CN)CCN2C(=O)OC(C)(C)C)cc1. The topological polar surface area (TPSA) is 55.6 Å². The van der Waals surface area contributed by atoms with Crippen LogP contribution in [0.4, 0.5) is 4.79 Å². The lowest BCUT2D eigenvalue weighted by atomic mass is 9.93. The quantitative estimate of drug-likeness (QED) is 0.909. The second-order valence-electron chi connectivity index (χ2n) is 6.81. The Hall–Kier alpha value is -1.55. The fourth-order valence-electron chi connectivity index (χ4n) is 2.84. The second-order valence-corrected chi connectivity index (χ2v) is 6.81. The number of hydrogen-bond donors (Lipinski definition) is 1. The van der Waals surface area contributed by atoms with E-state index >= 15 is 0 Å². The Morgan fingerprint density at radius 2 is 1.95 bits per heavy atom. The minimum absolute atomic E-state index is 0.0189. The number of nitrogens with zero attached hydrogens (tertiary/aromatic N) is 1. The van der Waals surface area contributed by atoms with Crippen molar-refractivity contribution in [2.24, 2.45) is 11.7 Å². The van der Waals surface area contributed by atoms with Crippen LogP contribution in [0.25, 0.3) is 0 Å². The van der Waals surface area contributed by atoms with Crippen molar-refractivity contribution < 1.29 is 9.53 Å². The van der Waals surface area contributed by atoms with E-state index in [-0.39, 0.29) is 12.1 Å². The zero-order valence-corrected chi connectivity index (χ0v) is 13.4. The lowest BCUT2D eigenvalue weighted by Gasteiger charge is -2.30. The standard InChI is InChI=1S/C17H26N2O2/c1-12-5-7-13(8-6-12)15-14(11-18)9-10-19(15)16(20)21-17(2,3)4/h5-8,14-15H,9-11,18H2,1-4H3. The average Bonchev–Trinajstić information content (AvgIpc) is 2.81. The van der Waals surface area contributed by atoms with Crippen molar-refractivity contribution in [2.75, 3.05) is 13.1 Å². The van der Waals surface area contributed by atoms with Crippen LogP contribution in [0.2, 0.25) is 0 Å². The van der Waals surface area contributed by atoms with Crippen molar-refractivity contribution in [3.05, 3.63) is 35.4 Å². The first-order valence-electron chi connectivity index (χ1n) is 7.58. The monoisotopic (exact) mass is 290 g/mol. The van der Waals surface area contributed by atoms with Crippen molar-refractivity contribution in [3.8, 4) is 0 Å². The van der Waals surface area contributed by atoms with E-state index in [0.29, 0.717) is 19.0 Å². The molecule has 0 spiro atoms. The Balaban J connectivity index is 2.24. The number of ether oxygens (including phenoxy) is 1. The molecule has 116 valence electrons. The molecule has 0 aliphatic carbocycles. The average molecular weight is 290 g/mol. The van der Waals surface area contributed by atoms with Crippen LogP contribution in [-0.4, -0.2) is 29.7 Å². The van der Waals surface area contributed by atoms with Gasteiger partial charge in [0.2, 0.25) is 0 Å². The van der Waals surface area contributed by atoms with E-state index in [2.05, 4.69) is 31.2 Å². The summed E-state index contributed by atoms with van der Waals surface area (Å²) in [6.45, 7) is 9.02. The molecule has 1 saturated heterocycles. The van der Waals surface area contributed by atoms with Gasteiger partial charge in [0.25, 0.3) is 0 Å². The lowest BCUT2D eigenvalue weighted by molar-refractivity contribution is 0.0207. The van der Waals surface area contributed by atoms with Gasteiger partial charge < -0.3 is 15.4 Å². The van der Waals surface area contributed by atoms with Crippen LogP contribution in [0.1, 0.15) is 44.4 Å². The number of amides is 1. The highest BCUT2D eigenvalue weighted by Gasteiger charge is 2.39. The molecule has 0 radical (unpaired) electrons. The first-order chi connectivity index (χ1) is 9.81. The Bertz CT molecular complexity index is 491. The number of benzene rings is 1. The largest absolute Gasteiger partial charge is 0.444 e. The van der Waals surface area contributed by atoms with Crippen molar-refractivity contribution in [3.63, 3.8) is 0 Å². The third-order valence-corrected chi connectivity index (χ3v) is 3.87. The smallest absolute Gasteiger partial charge is 0.410 e. The Kier molecular flexibility index (Phi) is 4.57. The van der Waals surface area contributed by atoms with Crippen LogP contribution in [0, 0.1) is 12.8 Å². The number of carbonyl (C=O) groups is 1. The number of rotatable bonds is 2. The van der Waals surface area contributed by atoms with Gasteiger partial charge in [-0.2, -0.15) is 0 Å². The zero-order chi connectivity index (χ0) is 15.6. The van der Waals surface area contributed by atoms with E-state index in [9.17, 15) is 4.79 Å². The molecule has 1 fully saturated rings. The molecule has 2 unspecified atom stereocenters. The molecule has 1 aromatic rings. The summed E-state index contributed by atoms with van der Waals surface area (Å²) < 4.78 is 5.54. The molecule has 4 nitrogen and oxygen atoms in total. The van der Waals surface area contributed by atoms with E-state index in [4.69, 9.17) is 10.5 Å². The maximum absolute atomic E-state index is 12.4. The molecule has 2 N–H and O–H groups in total. The number of likely N-dealkylation sites (tertiary alicyclic amines) is 1. The van der Waals surface area contributed by atoms with Crippen molar-refractivity contribution >= 4 is 6.09 Å². The van der Waals surface area contributed by atoms with Crippen LogP contribution < -0.4 is 5.73 Å². The van der Waals surface area contributed by atoms with Crippen LogP contribution in [0.3, 0.4) is 0 Å². The van der Waals surface area contributed by atoms with Crippen LogP contribution in [0.5, 0.6) is 0 Å². The summed E-state index contributed by atoms with van der Waals surface area (Å²) >= 11 is 0. The molecular formula is C17H26N2O2. The van der Waals surface area contributed by atoms with Crippen molar-refractivity contribution in [1.82, 2.24) is 4.90 Å². The summed E-state index contributed by atoms with van der Waals surface area (Å²) in [5.74, 6) is 0.292. The van der Waals surface area contributed by atoms with Crippen LogP contribution >= 0.6 is 0 Å². The summed E-state index contributed by atoms with van der Waals surface area (Å²) in [6.07, 6.45) is 0.679. The van der Waals surface area contributed by atoms with Gasteiger partial charge in [-0.25, -0.2) is 4.79 Å². The molecule has 1 heterocycles. The van der Waals surface area contributed by atoms with Gasteiger partial charge >= 0.3 is 6.09 Å². The number of aryl methyl sites for hydroxylation is 1. The zero-order valence-electron chi connectivity index (χ0n) is 13.4. The molecular weight excluding hydrogens is 264 g/mol.